The Kier molecular flexibility index (Phi) is 3.76. The number of nitrogens with zero attached hydrogens (tertiary/aromatic N) is 2. The van der Waals surface area contributed by atoms with Gasteiger partial charge in [-0.2, -0.15) is 0 Å². The van der Waals surface area contributed by atoms with Gasteiger partial charge in [0.2, 0.25) is 0 Å². The second-order valence-corrected chi connectivity index (χ2v) is 5.95. The van der Waals surface area contributed by atoms with E-state index in [1.54, 1.807) is 0 Å². The van der Waals surface area contributed by atoms with Gasteiger partial charge in [-0.05, 0) is 62.5 Å². The molecule has 1 atom stereocenters. The van der Waals surface area contributed by atoms with Crippen LogP contribution in [0.25, 0.3) is 0 Å². The van der Waals surface area contributed by atoms with Crippen LogP contribution in [0.5, 0.6) is 0 Å². The van der Waals surface area contributed by atoms with Crippen molar-refractivity contribution in [2.45, 2.75) is 38.8 Å². The van der Waals surface area contributed by atoms with E-state index in [4.69, 9.17) is 5.73 Å². The summed E-state index contributed by atoms with van der Waals surface area (Å²) in [7, 11) is 0. The molecule has 2 aliphatic heterocycles. The maximum atomic E-state index is 5.74. The zero-order valence-corrected chi connectivity index (χ0v) is 11.9. The molecule has 0 spiro atoms. The maximum absolute atomic E-state index is 5.74. The van der Waals surface area contributed by atoms with Crippen molar-refractivity contribution in [1.82, 2.24) is 4.90 Å². The van der Waals surface area contributed by atoms with Crippen LogP contribution < -0.4 is 10.6 Å². The Labute approximate surface area is 116 Å². The zero-order chi connectivity index (χ0) is 13.2. The summed E-state index contributed by atoms with van der Waals surface area (Å²) < 4.78 is 0. The summed E-state index contributed by atoms with van der Waals surface area (Å²) in [6, 6.07) is 7.50. The van der Waals surface area contributed by atoms with Gasteiger partial charge >= 0.3 is 0 Å². The minimum absolute atomic E-state index is 0.641. The third-order valence-corrected chi connectivity index (χ3v) is 4.73. The monoisotopic (exact) mass is 259 g/mol. The van der Waals surface area contributed by atoms with Crippen LogP contribution in [0.4, 0.5) is 5.69 Å². The molecule has 0 aliphatic carbocycles. The van der Waals surface area contributed by atoms with E-state index >= 15 is 0 Å². The summed E-state index contributed by atoms with van der Waals surface area (Å²) in [4.78, 5) is 5.22. The van der Waals surface area contributed by atoms with Crippen molar-refractivity contribution in [3.8, 4) is 0 Å². The molecule has 3 nitrogen and oxygen atoms in total. The summed E-state index contributed by atoms with van der Waals surface area (Å²) in [6.07, 6.45) is 4.10. The highest BCUT2D eigenvalue weighted by molar-refractivity contribution is 5.51. The Morgan fingerprint density at radius 3 is 2.68 bits per heavy atom. The van der Waals surface area contributed by atoms with Crippen LogP contribution in [-0.2, 0) is 6.54 Å². The van der Waals surface area contributed by atoms with Crippen LogP contribution >= 0.6 is 0 Å². The summed E-state index contributed by atoms with van der Waals surface area (Å²) >= 11 is 0. The fourth-order valence-corrected chi connectivity index (χ4v) is 3.49. The van der Waals surface area contributed by atoms with Gasteiger partial charge in [0.05, 0.1) is 0 Å². The Morgan fingerprint density at radius 2 is 2.00 bits per heavy atom. The summed E-state index contributed by atoms with van der Waals surface area (Å²) in [5, 5.41) is 0. The molecule has 0 amide bonds. The maximum Gasteiger partial charge on any atom is 0.0369 e. The van der Waals surface area contributed by atoms with E-state index < -0.39 is 0 Å². The standard InChI is InChI=1S/C16H25N3/c1-13-10-15(5-4-14(13)11-17)19-9-6-16(12-19)18-7-2-3-8-18/h4-5,10,16H,2-3,6-9,11-12,17H2,1H3. The molecule has 2 fully saturated rings. The van der Waals surface area contributed by atoms with Crippen LogP contribution in [0, 0.1) is 6.92 Å². The molecule has 19 heavy (non-hydrogen) atoms. The van der Waals surface area contributed by atoms with Gasteiger partial charge in [-0.15, -0.1) is 0 Å². The zero-order valence-electron chi connectivity index (χ0n) is 11.9. The van der Waals surface area contributed by atoms with Gasteiger partial charge in [0.15, 0.2) is 0 Å². The van der Waals surface area contributed by atoms with Gasteiger partial charge in [0, 0.05) is 31.4 Å². The second kappa shape index (κ2) is 5.51. The number of benzene rings is 1. The smallest absolute Gasteiger partial charge is 0.0369 e. The number of hydrogen-bond donors (Lipinski definition) is 1. The third-order valence-electron chi connectivity index (χ3n) is 4.73. The van der Waals surface area contributed by atoms with Gasteiger partial charge in [-0.3, -0.25) is 4.90 Å². The normalized spacial score (nSPS) is 24.3. The van der Waals surface area contributed by atoms with Crippen molar-refractivity contribution in [3.63, 3.8) is 0 Å². The van der Waals surface area contributed by atoms with Crippen LogP contribution in [0.15, 0.2) is 18.2 Å². The van der Waals surface area contributed by atoms with Gasteiger partial charge in [0.1, 0.15) is 0 Å². The van der Waals surface area contributed by atoms with Crippen molar-refractivity contribution in [3.05, 3.63) is 29.3 Å². The molecular formula is C16H25N3. The largest absolute Gasteiger partial charge is 0.370 e. The number of nitrogens with two attached hydrogens (primary N) is 1. The van der Waals surface area contributed by atoms with E-state index in [-0.39, 0.29) is 0 Å². The molecule has 1 unspecified atom stereocenters. The van der Waals surface area contributed by atoms with Crippen molar-refractivity contribution < 1.29 is 0 Å². The minimum atomic E-state index is 0.641. The quantitative estimate of drug-likeness (QED) is 0.902. The number of likely N-dealkylation sites (tertiary alicyclic amines) is 1. The van der Waals surface area contributed by atoms with Gasteiger partial charge < -0.3 is 10.6 Å². The molecule has 0 aromatic heterocycles. The molecule has 0 saturated carbocycles. The molecule has 3 heteroatoms. The van der Waals surface area contributed by atoms with Crippen molar-refractivity contribution in [1.29, 1.82) is 0 Å². The lowest BCUT2D eigenvalue weighted by atomic mass is 10.1. The molecule has 2 aliphatic rings. The van der Waals surface area contributed by atoms with Crippen LogP contribution in [0.3, 0.4) is 0 Å². The van der Waals surface area contributed by atoms with Crippen LogP contribution in [0.2, 0.25) is 0 Å². The van der Waals surface area contributed by atoms with E-state index in [2.05, 4.69) is 34.9 Å². The van der Waals surface area contributed by atoms with E-state index in [1.807, 2.05) is 0 Å². The third kappa shape index (κ3) is 2.63. The highest BCUT2D eigenvalue weighted by Crippen LogP contribution is 2.26. The van der Waals surface area contributed by atoms with Gasteiger partial charge in [-0.25, -0.2) is 0 Å². The molecule has 1 aromatic carbocycles. The van der Waals surface area contributed by atoms with Crippen molar-refractivity contribution >= 4 is 5.69 Å². The van der Waals surface area contributed by atoms with E-state index in [1.165, 1.54) is 62.3 Å². The van der Waals surface area contributed by atoms with Gasteiger partial charge in [-0.1, -0.05) is 6.07 Å². The van der Waals surface area contributed by atoms with Crippen molar-refractivity contribution in [2.75, 3.05) is 31.1 Å². The molecule has 1 aromatic rings. The summed E-state index contributed by atoms with van der Waals surface area (Å²) in [5.41, 5.74) is 9.70. The first-order chi connectivity index (χ1) is 9.28. The molecular weight excluding hydrogens is 234 g/mol. The molecule has 2 saturated heterocycles. The van der Waals surface area contributed by atoms with E-state index in [9.17, 15) is 0 Å². The molecule has 2 N–H and O–H groups in total. The fourth-order valence-electron chi connectivity index (χ4n) is 3.49. The average molecular weight is 259 g/mol. The Hall–Kier alpha value is -1.06. The minimum Gasteiger partial charge on any atom is -0.370 e. The Balaban J connectivity index is 1.68. The lowest BCUT2D eigenvalue weighted by Crippen LogP contribution is -2.35. The van der Waals surface area contributed by atoms with Crippen LogP contribution in [0.1, 0.15) is 30.4 Å². The highest BCUT2D eigenvalue weighted by Gasteiger charge is 2.29. The van der Waals surface area contributed by atoms with Crippen molar-refractivity contribution in [2.24, 2.45) is 5.73 Å². The Morgan fingerprint density at radius 1 is 1.21 bits per heavy atom. The molecule has 0 radical (unpaired) electrons. The Bertz CT molecular complexity index is 438. The molecule has 3 rings (SSSR count). The summed E-state index contributed by atoms with van der Waals surface area (Å²) in [5.74, 6) is 0. The second-order valence-electron chi connectivity index (χ2n) is 5.95. The molecule has 104 valence electrons. The fraction of sp³-hybridized carbons (Fsp3) is 0.625. The predicted octanol–water partition coefficient (Wildman–Crippen LogP) is 2.13. The SMILES string of the molecule is Cc1cc(N2CCC(N3CCCC3)C2)ccc1CN. The number of hydrogen-bond acceptors (Lipinski definition) is 3. The first-order valence-electron chi connectivity index (χ1n) is 7.56. The topological polar surface area (TPSA) is 32.5 Å². The lowest BCUT2D eigenvalue weighted by Gasteiger charge is -2.25. The number of rotatable bonds is 3. The average Bonchev–Trinajstić information content (AvgIpc) is 3.09. The number of anilines is 1. The molecule has 2 heterocycles. The first-order valence-corrected chi connectivity index (χ1v) is 7.56. The van der Waals surface area contributed by atoms with E-state index in [0.717, 1.165) is 6.04 Å². The first kappa shape index (κ1) is 12.9. The highest BCUT2D eigenvalue weighted by atomic mass is 15.3. The predicted molar refractivity (Wildman–Crippen MR) is 80.5 cm³/mol. The number of aryl methyl sites for hydroxylation is 1. The van der Waals surface area contributed by atoms with Crippen LogP contribution in [-0.4, -0.2) is 37.1 Å². The van der Waals surface area contributed by atoms with E-state index in [0.29, 0.717) is 6.54 Å². The lowest BCUT2D eigenvalue weighted by molar-refractivity contribution is 0.260. The summed E-state index contributed by atoms with van der Waals surface area (Å²) in [6.45, 7) is 7.82. The molecule has 0 bridgehead atoms. The van der Waals surface area contributed by atoms with Gasteiger partial charge in [0.25, 0.3) is 0 Å².